The van der Waals surface area contributed by atoms with Crippen molar-refractivity contribution < 1.29 is 4.79 Å². The molecule has 0 bridgehead atoms. The van der Waals surface area contributed by atoms with Crippen LogP contribution in [0.1, 0.15) is 15.9 Å². The first-order valence-electron chi connectivity index (χ1n) is 8.65. The Labute approximate surface area is 157 Å². The molecule has 0 aliphatic carbocycles. The molecule has 5 heteroatoms. The third kappa shape index (κ3) is 3.77. The molecule has 4 rings (SSSR count). The topological polar surface area (TPSA) is 70.7 Å². The average Bonchev–Trinajstić information content (AvgIpc) is 3.19. The second-order valence-corrected chi connectivity index (χ2v) is 6.27. The first-order chi connectivity index (χ1) is 13.2. The molecule has 0 aliphatic heterocycles. The molecule has 0 saturated carbocycles. The fourth-order valence-corrected chi connectivity index (χ4v) is 2.81. The maximum absolute atomic E-state index is 12.3. The van der Waals surface area contributed by atoms with Gasteiger partial charge >= 0.3 is 0 Å². The first-order valence-corrected chi connectivity index (χ1v) is 8.65. The van der Waals surface area contributed by atoms with E-state index in [1.54, 1.807) is 6.07 Å². The van der Waals surface area contributed by atoms with Gasteiger partial charge in [-0.3, -0.25) is 9.89 Å². The predicted octanol–water partition coefficient (Wildman–Crippen LogP) is 4.70. The van der Waals surface area contributed by atoms with E-state index in [2.05, 4.69) is 20.5 Å². The number of anilines is 1. The molecular formula is C22H18N4O. The van der Waals surface area contributed by atoms with Crippen molar-refractivity contribution >= 4 is 11.6 Å². The number of aryl methyl sites for hydroxylation is 1. The van der Waals surface area contributed by atoms with Crippen LogP contribution in [0.25, 0.3) is 22.8 Å². The Bertz CT molecular complexity index is 1070. The number of H-pyrrole nitrogens is 1. The zero-order valence-electron chi connectivity index (χ0n) is 14.8. The number of nitrogens with zero attached hydrogens (tertiary/aromatic N) is 2. The van der Waals surface area contributed by atoms with Gasteiger partial charge in [-0.15, -0.1) is 0 Å². The molecule has 3 aromatic carbocycles. The van der Waals surface area contributed by atoms with Crippen molar-refractivity contribution in [3.8, 4) is 22.8 Å². The number of carbonyl (C=O) groups excluding carboxylic acids is 1. The molecule has 0 atom stereocenters. The Kier molecular flexibility index (Phi) is 4.49. The lowest BCUT2D eigenvalue weighted by molar-refractivity contribution is 0.102. The molecule has 27 heavy (non-hydrogen) atoms. The summed E-state index contributed by atoms with van der Waals surface area (Å²) < 4.78 is 0. The molecule has 2 N–H and O–H groups in total. The Morgan fingerprint density at radius 3 is 2.41 bits per heavy atom. The lowest BCUT2D eigenvalue weighted by atomic mass is 10.1. The summed E-state index contributed by atoms with van der Waals surface area (Å²) in [4.78, 5) is 16.9. The van der Waals surface area contributed by atoms with Crippen molar-refractivity contribution in [1.29, 1.82) is 0 Å². The van der Waals surface area contributed by atoms with Crippen LogP contribution in [0.3, 0.4) is 0 Å². The fraction of sp³-hybridized carbons (Fsp3) is 0.0455. The molecule has 1 amide bonds. The van der Waals surface area contributed by atoms with Crippen LogP contribution in [0, 0.1) is 6.92 Å². The third-order valence-electron chi connectivity index (χ3n) is 4.21. The van der Waals surface area contributed by atoms with Crippen LogP contribution in [-0.2, 0) is 0 Å². The normalized spacial score (nSPS) is 10.6. The lowest BCUT2D eigenvalue weighted by Gasteiger charge is -2.06. The van der Waals surface area contributed by atoms with Gasteiger partial charge in [-0.2, -0.15) is 5.10 Å². The number of nitrogens with one attached hydrogen (secondary N) is 2. The summed E-state index contributed by atoms with van der Waals surface area (Å²) in [6, 6.07) is 24.8. The third-order valence-corrected chi connectivity index (χ3v) is 4.21. The molecule has 4 aromatic rings. The molecule has 132 valence electrons. The SMILES string of the molecule is Cc1cccc(C(=O)Nc2ccc(-c3nc(-c4ccccc4)n[nH]3)cc2)c1. The first kappa shape index (κ1) is 16.7. The largest absolute Gasteiger partial charge is 0.322 e. The average molecular weight is 354 g/mol. The summed E-state index contributed by atoms with van der Waals surface area (Å²) in [6.45, 7) is 1.96. The van der Waals surface area contributed by atoms with Crippen molar-refractivity contribution in [3.63, 3.8) is 0 Å². The molecule has 0 aliphatic rings. The Morgan fingerprint density at radius 1 is 0.889 bits per heavy atom. The number of rotatable bonds is 4. The second-order valence-electron chi connectivity index (χ2n) is 6.27. The minimum atomic E-state index is -0.127. The van der Waals surface area contributed by atoms with Gasteiger partial charge in [0.05, 0.1) is 0 Å². The summed E-state index contributed by atoms with van der Waals surface area (Å²) in [5, 5.41) is 10.2. The molecule has 5 nitrogen and oxygen atoms in total. The molecule has 0 unspecified atom stereocenters. The Hall–Kier alpha value is -3.73. The van der Waals surface area contributed by atoms with Crippen molar-refractivity contribution in [2.75, 3.05) is 5.32 Å². The van der Waals surface area contributed by atoms with E-state index in [1.807, 2.05) is 79.7 Å². The summed E-state index contributed by atoms with van der Waals surface area (Å²) in [5.74, 6) is 1.21. The van der Waals surface area contributed by atoms with E-state index in [0.717, 1.165) is 22.4 Å². The van der Waals surface area contributed by atoms with Crippen LogP contribution in [-0.4, -0.2) is 21.1 Å². The molecule has 1 aromatic heterocycles. The van der Waals surface area contributed by atoms with Crippen molar-refractivity contribution in [3.05, 3.63) is 90.0 Å². The monoisotopic (exact) mass is 354 g/mol. The number of carbonyl (C=O) groups is 1. The van der Waals surface area contributed by atoms with Crippen LogP contribution in [0.4, 0.5) is 5.69 Å². The number of aromatic nitrogens is 3. The van der Waals surface area contributed by atoms with Crippen LogP contribution >= 0.6 is 0 Å². The van der Waals surface area contributed by atoms with E-state index >= 15 is 0 Å². The van der Waals surface area contributed by atoms with Gasteiger partial charge in [-0.1, -0.05) is 48.0 Å². The van der Waals surface area contributed by atoms with Crippen LogP contribution in [0.5, 0.6) is 0 Å². The van der Waals surface area contributed by atoms with Gasteiger partial charge < -0.3 is 5.32 Å². The molecule has 0 radical (unpaired) electrons. The smallest absolute Gasteiger partial charge is 0.255 e. The van der Waals surface area contributed by atoms with Gasteiger partial charge in [0.2, 0.25) is 0 Å². The van der Waals surface area contributed by atoms with E-state index in [0.29, 0.717) is 17.2 Å². The quantitative estimate of drug-likeness (QED) is 0.558. The van der Waals surface area contributed by atoms with Gasteiger partial charge in [0.1, 0.15) is 0 Å². The fourth-order valence-electron chi connectivity index (χ4n) is 2.81. The second kappa shape index (κ2) is 7.25. The minimum absolute atomic E-state index is 0.127. The van der Waals surface area contributed by atoms with Crippen molar-refractivity contribution in [1.82, 2.24) is 15.2 Å². The van der Waals surface area contributed by atoms with Gasteiger partial charge in [-0.05, 0) is 43.3 Å². The van der Waals surface area contributed by atoms with E-state index in [1.165, 1.54) is 0 Å². The molecular weight excluding hydrogens is 336 g/mol. The van der Waals surface area contributed by atoms with Gasteiger partial charge in [0.15, 0.2) is 11.6 Å². The van der Waals surface area contributed by atoms with Gasteiger partial charge in [0.25, 0.3) is 5.91 Å². The number of hydrogen-bond acceptors (Lipinski definition) is 3. The molecule has 0 saturated heterocycles. The van der Waals surface area contributed by atoms with Crippen molar-refractivity contribution in [2.45, 2.75) is 6.92 Å². The Balaban J connectivity index is 1.49. The zero-order chi connectivity index (χ0) is 18.6. The molecule has 0 spiro atoms. The lowest BCUT2D eigenvalue weighted by Crippen LogP contribution is -2.11. The number of aromatic amines is 1. The maximum Gasteiger partial charge on any atom is 0.255 e. The number of amides is 1. The predicted molar refractivity (Wildman–Crippen MR) is 106 cm³/mol. The zero-order valence-corrected chi connectivity index (χ0v) is 14.8. The highest BCUT2D eigenvalue weighted by molar-refractivity contribution is 6.04. The van der Waals surface area contributed by atoms with Gasteiger partial charge in [-0.25, -0.2) is 4.98 Å². The van der Waals surface area contributed by atoms with E-state index < -0.39 is 0 Å². The summed E-state index contributed by atoms with van der Waals surface area (Å²) in [7, 11) is 0. The number of benzene rings is 3. The Morgan fingerprint density at radius 2 is 1.67 bits per heavy atom. The van der Waals surface area contributed by atoms with E-state index in [4.69, 9.17) is 0 Å². The highest BCUT2D eigenvalue weighted by atomic mass is 16.1. The summed E-state index contributed by atoms with van der Waals surface area (Å²) >= 11 is 0. The number of hydrogen-bond donors (Lipinski definition) is 2. The van der Waals surface area contributed by atoms with Crippen LogP contribution in [0.2, 0.25) is 0 Å². The van der Waals surface area contributed by atoms with E-state index in [9.17, 15) is 4.79 Å². The van der Waals surface area contributed by atoms with Crippen molar-refractivity contribution in [2.24, 2.45) is 0 Å². The van der Waals surface area contributed by atoms with Gasteiger partial charge in [0, 0.05) is 22.4 Å². The van der Waals surface area contributed by atoms with E-state index in [-0.39, 0.29) is 5.91 Å². The standard InChI is InChI=1S/C22H18N4O/c1-15-6-5-9-18(14-15)22(27)23-19-12-10-17(11-13-19)21-24-20(25-26-21)16-7-3-2-4-8-16/h2-14H,1H3,(H,23,27)(H,24,25,26). The molecule has 0 fully saturated rings. The summed E-state index contributed by atoms with van der Waals surface area (Å²) in [5.41, 5.74) is 4.28. The maximum atomic E-state index is 12.3. The highest BCUT2D eigenvalue weighted by Gasteiger charge is 2.09. The summed E-state index contributed by atoms with van der Waals surface area (Å²) in [6.07, 6.45) is 0. The van der Waals surface area contributed by atoms with Crippen LogP contribution < -0.4 is 5.32 Å². The molecule has 1 heterocycles. The minimum Gasteiger partial charge on any atom is -0.322 e. The highest BCUT2D eigenvalue weighted by Crippen LogP contribution is 2.21. The van der Waals surface area contributed by atoms with Crippen LogP contribution in [0.15, 0.2) is 78.9 Å².